The van der Waals surface area contributed by atoms with Gasteiger partial charge in [0.25, 0.3) is 5.70 Å². The van der Waals surface area contributed by atoms with Crippen molar-refractivity contribution >= 4 is 0 Å². The number of aliphatic hydroxyl groups excluding tert-OH is 1. The van der Waals surface area contributed by atoms with E-state index in [0.29, 0.717) is 12.0 Å². The lowest BCUT2D eigenvalue weighted by Gasteiger charge is -1.94. The van der Waals surface area contributed by atoms with Gasteiger partial charge in [0.05, 0.1) is 4.92 Å². The highest BCUT2D eigenvalue weighted by Gasteiger charge is 2.04. The van der Waals surface area contributed by atoms with Gasteiger partial charge in [0.15, 0.2) is 0 Å². The van der Waals surface area contributed by atoms with Crippen LogP contribution in [-0.4, -0.2) is 16.6 Å². The zero-order chi connectivity index (χ0) is 9.56. The van der Waals surface area contributed by atoms with Gasteiger partial charge in [-0.3, -0.25) is 10.1 Å². The fourth-order valence-corrected chi connectivity index (χ4v) is 0.611. The molecule has 1 N–H and O–H groups in total. The monoisotopic (exact) mass is 169 g/mol. The summed E-state index contributed by atoms with van der Waals surface area (Å²) in [5, 5.41) is 18.7. The summed E-state index contributed by atoms with van der Waals surface area (Å²) in [5.41, 5.74) is 0.414. The minimum absolute atomic E-state index is 0.0581. The summed E-state index contributed by atoms with van der Waals surface area (Å²) in [6, 6.07) is 0. The maximum Gasteiger partial charge on any atom is 0.269 e. The molecule has 4 heteroatoms. The van der Waals surface area contributed by atoms with Crippen molar-refractivity contribution in [1.29, 1.82) is 0 Å². The van der Waals surface area contributed by atoms with Gasteiger partial charge in [-0.25, -0.2) is 0 Å². The molecule has 0 aliphatic heterocycles. The van der Waals surface area contributed by atoms with Gasteiger partial charge in [-0.2, -0.15) is 0 Å². The predicted molar refractivity (Wildman–Crippen MR) is 46.1 cm³/mol. The minimum Gasteiger partial charge on any atom is -0.396 e. The number of allylic oxidation sites excluding steroid dienone is 2. The SMILES string of the molecule is C=C/C(=C\C(=C)CCO)[N+](=O)[O-]. The average Bonchev–Trinajstić information content (AvgIpc) is 2.00. The van der Waals surface area contributed by atoms with E-state index in [1.54, 1.807) is 0 Å². The van der Waals surface area contributed by atoms with Crippen molar-refractivity contribution in [1.82, 2.24) is 0 Å². The lowest BCUT2D eigenvalue weighted by Crippen LogP contribution is -1.96. The summed E-state index contributed by atoms with van der Waals surface area (Å²) in [5.74, 6) is 0. The Kier molecular flexibility index (Phi) is 4.64. The Morgan fingerprint density at radius 2 is 2.25 bits per heavy atom. The highest BCUT2D eigenvalue weighted by atomic mass is 16.6. The van der Waals surface area contributed by atoms with Crippen LogP contribution in [0.2, 0.25) is 0 Å². The Morgan fingerprint density at radius 3 is 2.58 bits per heavy atom. The van der Waals surface area contributed by atoms with Crippen LogP contribution in [0, 0.1) is 10.1 Å². The van der Waals surface area contributed by atoms with Crippen molar-refractivity contribution in [3.8, 4) is 0 Å². The number of nitro groups is 1. The van der Waals surface area contributed by atoms with Crippen molar-refractivity contribution in [2.45, 2.75) is 6.42 Å². The third-order valence-corrected chi connectivity index (χ3v) is 1.20. The van der Waals surface area contributed by atoms with Gasteiger partial charge < -0.3 is 5.11 Å². The van der Waals surface area contributed by atoms with E-state index < -0.39 is 4.92 Å². The molecule has 0 atom stereocenters. The molecule has 0 saturated heterocycles. The van der Waals surface area contributed by atoms with Crippen molar-refractivity contribution < 1.29 is 10.0 Å². The first-order valence-electron chi connectivity index (χ1n) is 3.39. The second-order valence-corrected chi connectivity index (χ2v) is 2.16. The van der Waals surface area contributed by atoms with Crippen LogP contribution in [0.5, 0.6) is 0 Å². The van der Waals surface area contributed by atoms with Crippen LogP contribution in [0.15, 0.2) is 36.6 Å². The molecular formula is C8H11NO3. The molecule has 0 saturated carbocycles. The number of nitrogens with zero attached hydrogens (tertiary/aromatic N) is 1. The maximum atomic E-state index is 10.2. The highest BCUT2D eigenvalue weighted by Crippen LogP contribution is 2.05. The Bertz CT molecular complexity index is 230. The maximum absolute atomic E-state index is 10.2. The molecule has 0 amide bonds. The van der Waals surface area contributed by atoms with Crippen LogP contribution < -0.4 is 0 Å². The highest BCUT2D eigenvalue weighted by molar-refractivity contribution is 5.22. The standard InChI is InChI=1S/C8H11NO3/c1-3-8(9(11)12)6-7(2)4-5-10/h3,6,10H,1-2,4-5H2/b8-6+. The van der Waals surface area contributed by atoms with Crippen molar-refractivity contribution in [3.05, 3.63) is 46.7 Å². The summed E-state index contributed by atoms with van der Waals surface area (Å²) in [6.07, 6.45) is 2.77. The van der Waals surface area contributed by atoms with Gasteiger partial charge in [-0.05, 0) is 12.0 Å². The molecule has 0 aliphatic carbocycles. The minimum atomic E-state index is -0.546. The van der Waals surface area contributed by atoms with Crippen LogP contribution in [0.3, 0.4) is 0 Å². The lowest BCUT2D eigenvalue weighted by molar-refractivity contribution is -0.419. The molecule has 0 aromatic rings. The van der Waals surface area contributed by atoms with E-state index in [-0.39, 0.29) is 12.3 Å². The molecule has 0 spiro atoms. The first kappa shape index (κ1) is 10.6. The van der Waals surface area contributed by atoms with Crippen LogP contribution >= 0.6 is 0 Å². The zero-order valence-electron chi connectivity index (χ0n) is 6.69. The van der Waals surface area contributed by atoms with Gasteiger partial charge in [0.1, 0.15) is 0 Å². The van der Waals surface area contributed by atoms with Crippen LogP contribution in [0.25, 0.3) is 0 Å². The van der Waals surface area contributed by atoms with Crippen LogP contribution in [0.4, 0.5) is 0 Å². The Balaban J connectivity index is 4.38. The molecule has 0 bridgehead atoms. The van der Waals surface area contributed by atoms with Crippen molar-refractivity contribution in [2.24, 2.45) is 0 Å². The summed E-state index contributed by atoms with van der Waals surface area (Å²) in [4.78, 5) is 9.69. The van der Waals surface area contributed by atoms with Crippen molar-refractivity contribution in [2.75, 3.05) is 6.61 Å². The summed E-state index contributed by atoms with van der Waals surface area (Å²) >= 11 is 0. The molecule has 0 aromatic heterocycles. The van der Waals surface area contributed by atoms with E-state index in [1.807, 2.05) is 0 Å². The Hall–Kier alpha value is -1.42. The van der Waals surface area contributed by atoms with Gasteiger partial charge in [0, 0.05) is 18.8 Å². The van der Waals surface area contributed by atoms with Gasteiger partial charge >= 0.3 is 0 Å². The molecule has 0 radical (unpaired) electrons. The lowest BCUT2D eigenvalue weighted by atomic mass is 10.2. The van der Waals surface area contributed by atoms with Crippen LogP contribution in [-0.2, 0) is 0 Å². The molecule has 0 unspecified atom stereocenters. The largest absolute Gasteiger partial charge is 0.396 e. The molecule has 0 aromatic carbocycles. The van der Waals surface area contributed by atoms with Gasteiger partial charge in [0.2, 0.25) is 0 Å². The van der Waals surface area contributed by atoms with Gasteiger partial charge in [-0.1, -0.05) is 13.2 Å². The van der Waals surface area contributed by atoms with E-state index in [0.717, 1.165) is 6.08 Å². The second-order valence-electron chi connectivity index (χ2n) is 2.16. The number of rotatable bonds is 5. The molecule has 0 fully saturated rings. The summed E-state index contributed by atoms with van der Waals surface area (Å²) in [7, 11) is 0. The first-order chi connectivity index (χ1) is 5.61. The smallest absolute Gasteiger partial charge is 0.269 e. The zero-order valence-corrected chi connectivity index (χ0v) is 6.69. The molecular weight excluding hydrogens is 158 g/mol. The van der Waals surface area contributed by atoms with Crippen molar-refractivity contribution in [3.63, 3.8) is 0 Å². The molecule has 0 heterocycles. The fourth-order valence-electron chi connectivity index (χ4n) is 0.611. The Labute approximate surface area is 70.7 Å². The quantitative estimate of drug-likeness (QED) is 0.383. The average molecular weight is 169 g/mol. The van der Waals surface area contributed by atoms with E-state index in [1.165, 1.54) is 6.08 Å². The van der Waals surface area contributed by atoms with E-state index >= 15 is 0 Å². The number of hydrogen-bond donors (Lipinski definition) is 1. The molecule has 0 aliphatic rings. The third kappa shape index (κ3) is 3.68. The topological polar surface area (TPSA) is 63.4 Å². The molecule has 12 heavy (non-hydrogen) atoms. The summed E-state index contributed by atoms with van der Waals surface area (Å²) < 4.78 is 0. The summed E-state index contributed by atoms with van der Waals surface area (Å²) in [6.45, 7) is 6.75. The van der Waals surface area contributed by atoms with E-state index in [2.05, 4.69) is 13.2 Å². The van der Waals surface area contributed by atoms with Gasteiger partial charge in [-0.15, -0.1) is 0 Å². The van der Waals surface area contributed by atoms with Crippen LogP contribution in [0.1, 0.15) is 6.42 Å². The third-order valence-electron chi connectivity index (χ3n) is 1.20. The molecule has 4 nitrogen and oxygen atoms in total. The predicted octanol–water partition coefficient (Wildman–Crippen LogP) is 1.27. The van der Waals surface area contributed by atoms with E-state index in [4.69, 9.17) is 5.11 Å². The number of aliphatic hydroxyl groups is 1. The molecule has 0 rings (SSSR count). The fraction of sp³-hybridized carbons (Fsp3) is 0.250. The number of hydrogen-bond acceptors (Lipinski definition) is 3. The Morgan fingerprint density at radius 1 is 1.67 bits per heavy atom. The second kappa shape index (κ2) is 5.26. The molecule has 66 valence electrons. The normalized spacial score (nSPS) is 10.9. The van der Waals surface area contributed by atoms with E-state index in [9.17, 15) is 10.1 Å². The first-order valence-corrected chi connectivity index (χ1v) is 3.39.